The van der Waals surface area contributed by atoms with Crippen LogP contribution in [0.1, 0.15) is 38.8 Å². The second kappa shape index (κ2) is 10.2. The predicted octanol–water partition coefficient (Wildman–Crippen LogP) is 3.22. The lowest BCUT2D eigenvalue weighted by Gasteiger charge is -2.35. The van der Waals surface area contributed by atoms with Gasteiger partial charge in [0.05, 0.1) is 24.1 Å². The van der Waals surface area contributed by atoms with Crippen LogP contribution in [-0.2, 0) is 37.2 Å². The van der Waals surface area contributed by atoms with Gasteiger partial charge in [-0.05, 0) is 62.4 Å². The fraction of sp³-hybridized carbons (Fsp3) is 0.440. The summed E-state index contributed by atoms with van der Waals surface area (Å²) in [5.41, 5.74) is 1.17. The van der Waals surface area contributed by atoms with Crippen molar-refractivity contribution in [3.8, 4) is 5.75 Å². The summed E-state index contributed by atoms with van der Waals surface area (Å²) < 4.78 is 53.0. The van der Waals surface area contributed by atoms with Gasteiger partial charge in [-0.1, -0.05) is 12.1 Å². The molecule has 0 saturated carbocycles. The fourth-order valence-corrected chi connectivity index (χ4v) is 5.54. The van der Waals surface area contributed by atoms with E-state index in [1.165, 1.54) is 24.4 Å². The second-order valence-corrected chi connectivity index (χ2v) is 11.4. The molecule has 0 aromatic heterocycles. The number of esters is 1. The van der Waals surface area contributed by atoms with Gasteiger partial charge in [0.2, 0.25) is 5.91 Å². The van der Waals surface area contributed by atoms with Crippen LogP contribution in [0.3, 0.4) is 0 Å². The lowest BCUT2D eigenvalue weighted by molar-refractivity contribution is -0.153. The van der Waals surface area contributed by atoms with Crippen LogP contribution < -0.4 is 14.4 Å². The average molecular weight is 507 g/mol. The van der Waals surface area contributed by atoms with Crippen LogP contribution in [0.4, 0.5) is 10.1 Å². The molecular weight excluding hydrogens is 475 g/mol. The molecule has 0 unspecified atom stereocenters. The van der Waals surface area contributed by atoms with Crippen LogP contribution in [-0.4, -0.2) is 46.1 Å². The number of hydrogen-bond donors (Lipinski definition) is 1. The third kappa shape index (κ3) is 6.50. The number of sulfonamides is 1. The summed E-state index contributed by atoms with van der Waals surface area (Å²) in [5, 5.41) is 2.75. The van der Waals surface area contributed by atoms with E-state index >= 15 is 0 Å². The van der Waals surface area contributed by atoms with Gasteiger partial charge >= 0.3 is 5.97 Å². The van der Waals surface area contributed by atoms with Crippen LogP contribution in [0.5, 0.6) is 5.75 Å². The standard InChI is InChI=1S/C25H31FN2O6S/c1-16(29)27-14-18-10-19-7-6-17(12-24(30)34-25(2,3)4)11-22(19)28(15-18)35(31,32)20-8-9-21(26)23(13-20)33-5/h6-9,11,13,18H,10,12,14-15H2,1-5H3,(H,27,29)/t18-/m0/s1. The Bertz CT molecular complexity index is 1220. The third-order valence-electron chi connectivity index (χ3n) is 5.47. The number of carbonyl (C=O) groups excluding carboxylic acids is 2. The van der Waals surface area contributed by atoms with Gasteiger partial charge in [-0.15, -0.1) is 0 Å². The number of rotatable bonds is 7. The van der Waals surface area contributed by atoms with E-state index in [9.17, 15) is 22.4 Å². The van der Waals surface area contributed by atoms with E-state index < -0.39 is 27.4 Å². The zero-order chi connectivity index (χ0) is 26.0. The van der Waals surface area contributed by atoms with Gasteiger partial charge in [-0.3, -0.25) is 13.9 Å². The summed E-state index contributed by atoms with van der Waals surface area (Å²) in [5.74, 6) is -1.67. The maximum Gasteiger partial charge on any atom is 0.310 e. The molecular formula is C25H31FN2O6S. The van der Waals surface area contributed by atoms with E-state index in [0.717, 1.165) is 17.7 Å². The Morgan fingerprint density at radius 3 is 2.51 bits per heavy atom. The molecule has 1 N–H and O–H groups in total. The molecule has 2 aromatic carbocycles. The lowest BCUT2D eigenvalue weighted by Crippen LogP contribution is -2.43. The number of fused-ring (bicyclic) bond motifs is 1. The largest absolute Gasteiger partial charge is 0.494 e. The quantitative estimate of drug-likeness (QED) is 0.579. The molecule has 35 heavy (non-hydrogen) atoms. The molecule has 10 heteroatoms. The molecule has 1 heterocycles. The first-order chi connectivity index (χ1) is 16.3. The van der Waals surface area contributed by atoms with Crippen LogP contribution in [0.25, 0.3) is 0 Å². The summed E-state index contributed by atoms with van der Waals surface area (Å²) in [6, 6.07) is 8.62. The molecule has 0 saturated heterocycles. The predicted molar refractivity (Wildman–Crippen MR) is 129 cm³/mol. The number of nitrogens with zero attached hydrogens (tertiary/aromatic N) is 1. The molecule has 3 rings (SSSR count). The van der Waals surface area contributed by atoms with E-state index in [1.807, 2.05) is 0 Å². The number of hydrogen-bond acceptors (Lipinski definition) is 6. The minimum absolute atomic E-state index is 0.0157. The van der Waals surface area contributed by atoms with Crippen LogP contribution in [0.15, 0.2) is 41.3 Å². The SMILES string of the molecule is COc1cc(S(=O)(=O)N2C[C@H](CNC(C)=O)Cc3ccc(CC(=O)OC(C)(C)C)cc32)ccc1F. The van der Waals surface area contributed by atoms with Crippen molar-refractivity contribution >= 4 is 27.6 Å². The number of amides is 1. The molecule has 0 radical (unpaired) electrons. The lowest BCUT2D eigenvalue weighted by atomic mass is 9.92. The van der Waals surface area contributed by atoms with Gasteiger partial charge in [0.1, 0.15) is 5.60 Å². The summed E-state index contributed by atoms with van der Waals surface area (Å²) in [4.78, 5) is 23.7. The van der Waals surface area contributed by atoms with Gasteiger partial charge < -0.3 is 14.8 Å². The summed E-state index contributed by atoms with van der Waals surface area (Å²) in [6.07, 6.45) is 0.527. The number of carbonyl (C=O) groups is 2. The van der Waals surface area contributed by atoms with Crippen molar-refractivity contribution in [3.63, 3.8) is 0 Å². The Labute approximate surface area is 205 Å². The number of nitrogens with one attached hydrogen (secondary N) is 1. The molecule has 0 spiro atoms. The van der Waals surface area contributed by atoms with Gasteiger partial charge in [-0.25, -0.2) is 12.8 Å². The zero-order valence-electron chi connectivity index (χ0n) is 20.6. The van der Waals surface area contributed by atoms with E-state index in [4.69, 9.17) is 9.47 Å². The van der Waals surface area contributed by atoms with Crippen molar-refractivity contribution in [1.29, 1.82) is 0 Å². The number of methoxy groups -OCH3 is 1. The number of halogens is 1. The van der Waals surface area contributed by atoms with Gasteiger partial charge in [0, 0.05) is 26.1 Å². The van der Waals surface area contributed by atoms with Crippen LogP contribution >= 0.6 is 0 Å². The average Bonchev–Trinajstić information content (AvgIpc) is 2.76. The van der Waals surface area contributed by atoms with Crippen molar-refractivity contribution in [2.24, 2.45) is 5.92 Å². The molecule has 0 fully saturated rings. The van der Waals surface area contributed by atoms with Crippen molar-refractivity contribution in [1.82, 2.24) is 5.32 Å². The van der Waals surface area contributed by atoms with Crippen LogP contribution in [0.2, 0.25) is 0 Å². The summed E-state index contributed by atoms with van der Waals surface area (Å²) >= 11 is 0. The van der Waals surface area contributed by atoms with Crippen molar-refractivity contribution in [2.75, 3.05) is 24.5 Å². The monoisotopic (exact) mass is 506 g/mol. The first kappa shape index (κ1) is 26.5. The molecule has 0 aliphatic carbocycles. The van der Waals surface area contributed by atoms with Gasteiger partial charge in [0.25, 0.3) is 10.0 Å². The molecule has 2 aromatic rings. The van der Waals surface area contributed by atoms with E-state index in [-0.39, 0.29) is 35.4 Å². The van der Waals surface area contributed by atoms with Crippen molar-refractivity contribution in [2.45, 2.75) is 51.0 Å². The Morgan fingerprint density at radius 2 is 1.89 bits per heavy atom. The minimum atomic E-state index is -4.11. The minimum Gasteiger partial charge on any atom is -0.494 e. The molecule has 8 nitrogen and oxygen atoms in total. The number of ether oxygens (including phenoxy) is 2. The van der Waals surface area contributed by atoms with Crippen molar-refractivity contribution in [3.05, 3.63) is 53.3 Å². The van der Waals surface area contributed by atoms with E-state index in [2.05, 4.69) is 5.32 Å². The van der Waals surface area contributed by atoms with E-state index in [1.54, 1.807) is 39.0 Å². The molecule has 0 bridgehead atoms. The highest BCUT2D eigenvalue weighted by atomic mass is 32.2. The Kier molecular flexibility index (Phi) is 7.74. The maximum atomic E-state index is 14.0. The maximum absolute atomic E-state index is 14.0. The highest BCUT2D eigenvalue weighted by Crippen LogP contribution is 2.36. The van der Waals surface area contributed by atoms with E-state index in [0.29, 0.717) is 24.2 Å². The molecule has 1 aliphatic heterocycles. The zero-order valence-corrected chi connectivity index (χ0v) is 21.4. The van der Waals surface area contributed by atoms with Crippen LogP contribution in [0, 0.1) is 11.7 Å². The highest BCUT2D eigenvalue weighted by Gasteiger charge is 2.34. The molecule has 1 amide bonds. The molecule has 190 valence electrons. The van der Waals surface area contributed by atoms with Gasteiger partial charge in [-0.2, -0.15) is 0 Å². The smallest absolute Gasteiger partial charge is 0.310 e. The topological polar surface area (TPSA) is 102 Å². The second-order valence-electron chi connectivity index (χ2n) is 9.57. The first-order valence-corrected chi connectivity index (χ1v) is 12.7. The highest BCUT2D eigenvalue weighted by molar-refractivity contribution is 7.92. The Hall–Kier alpha value is -3.14. The fourth-order valence-electron chi connectivity index (χ4n) is 3.96. The van der Waals surface area contributed by atoms with Gasteiger partial charge in [0.15, 0.2) is 11.6 Å². The summed E-state index contributed by atoms with van der Waals surface area (Å²) in [6.45, 7) is 7.13. The van der Waals surface area contributed by atoms with Crippen molar-refractivity contribution < 1.29 is 31.9 Å². The Balaban J connectivity index is 2.01. The third-order valence-corrected chi connectivity index (χ3v) is 7.25. The Morgan fingerprint density at radius 1 is 1.17 bits per heavy atom. The normalized spacial score (nSPS) is 15.8. The first-order valence-electron chi connectivity index (χ1n) is 11.2. The molecule has 1 atom stereocenters. The molecule has 1 aliphatic rings. The summed E-state index contributed by atoms with van der Waals surface area (Å²) in [7, 11) is -2.85. The number of benzene rings is 2. The number of anilines is 1.